The van der Waals surface area contributed by atoms with Gasteiger partial charge in [-0.05, 0) is 43.9 Å². The third kappa shape index (κ3) is 4.30. The molecule has 18 heavy (non-hydrogen) atoms. The van der Waals surface area contributed by atoms with Crippen molar-refractivity contribution >= 4 is 5.69 Å². The van der Waals surface area contributed by atoms with Crippen LogP contribution in [0.3, 0.4) is 0 Å². The number of nitrogens with one attached hydrogen (secondary N) is 1. The lowest BCUT2D eigenvalue weighted by Crippen LogP contribution is -2.31. The van der Waals surface area contributed by atoms with Gasteiger partial charge < -0.3 is 10.2 Å². The molecule has 1 aromatic rings. The zero-order chi connectivity index (χ0) is 12.8. The van der Waals surface area contributed by atoms with Crippen LogP contribution in [-0.4, -0.2) is 31.1 Å². The molecule has 1 N–H and O–H groups in total. The maximum Gasteiger partial charge on any atom is 0.146 e. The van der Waals surface area contributed by atoms with Gasteiger partial charge in [-0.3, -0.25) is 0 Å². The van der Waals surface area contributed by atoms with Crippen LogP contribution in [0, 0.1) is 11.7 Å². The SMILES string of the molecule is CCCN(CCNc1ccccc1F)CC1CC1. The Morgan fingerprint density at radius 3 is 2.72 bits per heavy atom. The third-order valence-electron chi connectivity index (χ3n) is 3.37. The second-order valence-corrected chi connectivity index (χ2v) is 5.15. The Morgan fingerprint density at radius 2 is 2.06 bits per heavy atom. The number of hydrogen-bond acceptors (Lipinski definition) is 2. The molecule has 3 heteroatoms. The number of rotatable bonds is 8. The van der Waals surface area contributed by atoms with E-state index in [1.807, 2.05) is 6.07 Å². The fourth-order valence-corrected chi connectivity index (χ4v) is 2.23. The van der Waals surface area contributed by atoms with Gasteiger partial charge in [-0.1, -0.05) is 19.1 Å². The average Bonchev–Trinajstić information content (AvgIpc) is 3.16. The highest BCUT2D eigenvalue weighted by Gasteiger charge is 2.23. The van der Waals surface area contributed by atoms with Gasteiger partial charge in [0, 0.05) is 19.6 Å². The molecule has 100 valence electrons. The molecule has 1 aliphatic rings. The highest BCUT2D eigenvalue weighted by atomic mass is 19.1. The van der Waals surface area contributed by atoms with E-state index in [0.29, 0.717) is 5.69 Å². The van der Waals surface area contributed by atoms with Gasteiger partial charge in [0.05, 0.1) is 5.69 Å². The van der Waals surface area contributed by atoms with Crippen LogP contribution in [0.5, 0.6) is 0 Å². The van der Waals surface area contributed by atoms with Crippen LogP contribution >= 0.6 is 0 Å². The molecule has 1 aromatic carbocycles. The highest BCUT2D eigenvalue weighted by Crippen LogP contribution is 2.29. The van der Waals surface area contributed by atoms with Crippen LogP contribution in [0.2, 0.25) is 0 Å². The van der Waals surface area contributed by atoms with Crippen molar-refractivity contribution < 1.29 is 4.39 Å². The van der Waals surface area contributed by atoms with Crippen LogP contribution in [0.15, 0.2) is 24.3 Å². The first-order valence-electron chi connectivity index (χ1n) is 7.00. The predicted octanol–water partition coefficient (Wildman–Crippen LogP) is 3.36. The first-order valence-corrected chi connectivity index (χ1v) is 7.00. The van der Waals surface area contributed by atoms with Crippen LogP contribution in [-0.2, 0) is 0 Å². The van der Waals surface area contributed by atoms with Gasteiger partial charge in [-0.2, -0.15) is 0 Å². The first kappa shape index (κ1) is 13.3. The number of para-hydroxylation sites is 1. The van der Waals surface area contributed by atoms with Crippen molar-refractivity contribution in [3.63, 3.8) is 0 Å². The van der Waals surface area contributed by atoms with Crippen LogP contribution in [0.4, 0.5) is 10.1 Å². The van der Waals surface area contributed by atoms with E-state index in [2.05, 4.69) is 17.1 Å². The molecule has 0 aromatic heterocycles. The molecule has 0 aliphatic heterocycles. The van der Waals surface area contributed by atoms with Crippen LogP contribution < -0.4 is 5.32 Å². The van der Waals surface area contributed by atoms with E-state index >= 15 is 0 Å². The molecule has 0 radical (unpaired) electrons. The van der Waals surface area contributed by atoms with Gasteiger partial charge in [0.2, 0.25) is 0 Å². The van der Waals surface area contributed by atoms with E-state index in [1.54, 1.807) is 12.1 Å². The summed E-state index contributed by atoms with van der Waals surface area (Å²) in [5, 5.41) is 3.18. The molecule has 1 fully saturated rings. The summed E-state index contributed by atoms with van der Waals surface area (Å²) in [5.74, 6) is 0.756. The summed E-state index contributed by atoms with van der Waals surface area (Å²) < 4.78 is 13.4. The van der Waals surface area contributed by atoms with Crippen LogP contribution in [0.1, 0.15) is 26.2 Å². The molecule has 2 rings (SSSR count). The van der Waals surface area contributed by atoms with Crippen LogP contribution in [0.25, 0.3) is 0 Å². The van der Waals surface area contributed by atoms with E-state index < -0.39 is 0 Å². The molecule has 0 saturated heterocycles. The minimum atomic E-state index is -0.165. The number of nitrogens with zero attached hydrogens (tertiary/aromatic N) is 1. The largest absolute Gasteiger partial charge is 0.381 e. The molecular weight excluding hydrogens is 227 g/mol. The van der Waals surface area contributed by atoms with Crippen molar-refractivity contribution in [3.8, 4) is 0 Å². The Bertz CT molecular complexity index is 363. The van der Waals surface area contributed by atoms with E-state index in [0.717, 1.165) is 25.6 Å². The summed E-state index contributed by atoms with van der Waals surface area (Å²) in [7, 11) is 0. The second-order valence-electron chi connectivity index (χ2n) is 5.15. The highest BCUT2D eigenvalue weighted by molar-refractivity contribution is 5.44. The molecule has 0 amide bonds. The minimum absolute atomic E-state index is 0.165. The topological polar surface area (TPSA) is 15.3 Å². The molecule has 0 heterocycles. The van der Waals surface area contributed by atoms with Crippen molar-refractivity contribution in [2.24, 2.45) is 5.92 Å². The maximum absolute atomic E-state index is 13.4. The van der Waals surface area contributed by atoms with Crippen molar-refractivity contribution in [2.45, 2.75) is 26.2 Å². The first-order chi connectivity index (χ1) is 8.79. The number of anilines is 1. The van der Waals surface area contributed by atoms with Gasteiger partial charge in [-0.15, -0.1) is 0 Å². The van der Waals surface area contributed by atoms with Crippen molar-refractivity contribution in [3.05, 3.63) is 30.1 Å². The second kappa shape index (κ2) is 6.74. The summed E-state index contributed by atoms with van der Waals surface area (Å²) >= 11 is 0. The molecule has 1 saturated carbocycles. The lowest BCUT2D eigenvalue weighted by atomic mass is 10.3. The van der Waals surface area contributed by atoms with E-state index in [-0.39, 0.29) is 5.82 Å². The Labute approximate surface area is 109 Å². The summed E-state index contributed by atoms with van der Waals surface area (Å²) in [6.45, 7) is 6.39. The molecular formula is C15H23FN2. The van der Waals surface area contributed by atoms with Gasteiger partial charge in [-0.25, -0.2) is 4.39 Å². The molecule has 1 aliphatic carbocycles. The zero-order valence-corrected chi connectivity index (χ0v) is 11.2. The number of benzene rings is 1. The normalized spacial score (nSPS) is 15.1. The Balaban J connectivity index is 1.73. The summed E-state index contributed by atoms with van der Waals surface area (Å²) in [6, 6.07) is 6.87. The van der Waals surface area contributed by atoms with E-state index in [4.69, 9.17) is 0 Å². The molecule has 0 atom stereocenters. The quantitative estimate of drug-likeness (QED) is 0.761. The fraction of sp³-hybridized carbons (Fsp3) is 0.600. The smallest absolute Gasteiger partial charge is 0.146 e. The maximum atomic E-state index is 13.4. The molecule has 0 unspecified atom stereocenters. The third-order valence-corrected chi connectivity index (χ3v) is 3.37. The van der Waals surface area contributed by atoms with E-state index in [9.17, 15) is 4.39 Å². The molecule has 2 nitrogen and oxygen atoms in total. The summed E-state index contributed by atoms with van der Waals surface area (Å²) in [5.41, 5.74) is 0.611. The zero-order valence-electron chi connectivity index (χ0n) is 11.2. The molecule has 0 spiro atoms. The lowest BCUT2D eigenvalue weighted by Gasteiger charge is -2.22. The van der Waals surface area contributed by atoms with Crippen molar-refractivity contribution in [1.29, 1.82) is 0 Å². The van der Waals surface area contributed by atoms with Crippen molar-refractivity contribution in [2.75, 3.05) is 31.5 Å². The van der Waals surface area contributed by atoms with Gasteiger partial charge in [0.1, 0.15) is 5.82 Å². The van der Waals surface area contributed by atoms with Gasteiger partial charge in [0.25, 0.3) is 0 Å². The lowest BCUT2D eigenvalue weighted by molar-refractivity contribution is 0.273. The summed E-state index contributed by atoms with van der Waals surface area (Å²) in [6.07, 6.45) is 3.97. The summed E-state index contributed by atoms with van der Waals surface area (Å²) in [4.78, 5) is 2.49. The number of halogens is 1. The average molecular weight is 250 g/mol. The molecule has 0 bridgehead atoms. The Kier molecular flexibility index (Phi) is 5.00. The van der Waals surface area contributed by atoms with E-state index in [1.165, 1.54) is 31.9 Å². The van der Waals surface area contributed by atoms with Gasteiger partial charge in [0.15, 0.2) is 0 Å². The fourth-order valence-electron chi connectivity index (χ4n) is 2.23. The van der Waals surface area contributed by atoms with Gasteiger partial charge >= 0.3 is 0 Å². The Morgan fingerprint density at radius 1 is 1.28 bits per heavy atom. The Hall–Kier alpha value is -1.09. The number of hydrogen-bond donors (Lipinski definition) is 1. The minimum Gasteiger partial charge on any atom is -0.381 e. The predicted molar refractivity (Wildman–Crippen MR) is 74.3 cm³/mol. The standard InChI is InChI=1S/C15H23FN2/c1-2-10-18(12-13-7-8-13)11-9-17-15-6-4-3-5-14(15)16/h3-6,13,17H,2,7-12H2,1H3. The van der Waals surface area contributed by atoms with Crippen molar-refractivity contribution in [1.82, 2.24) is 4.90 Å². The monoisotopic (exact) mass is 250 g/mol.